The number of nitrogens with one attached hydrogen (secondary N) is 1. The van der Waals surface area contributed by atoms with Gasteiger partial charge in [0, 0.05) is 39.9 Å². The number of nitrogens with zero attached hydrogens (tertiary/aromatic N) is 3. The molecule has 1 aromatic heterocycles. The zero-order valence-electron chi connectivity index (χ0n) is 11.9. The fourth-order valence-electron chi connectivity index (χ4n) is 2.10. The van der Waals surface area contributed by atoms with Gasteiger partial charge in [0.05, 0.1) is 0 Å². The number of sulfonamides is 1. The maximum Gasteiger partial charge on any atom is 0.327 e. The molecule has 1 atom stereocenters. The topological polar surface area (TPSA) is 103 Å². The predicted octanol–water partition coefficient (Wildman–Crippen LogP) is -0.805. The van der Waals surface area contributed by atoms with Crippen molar-refractivity contribution in [3.63, 3.8) is 0 Å². The first-order valence-electron chi connectivity index (χ1n) is 6.43. The lowest BCUT2D eigenvalue weighted by Crippen LogP contribution is -2.55. The minimum Gasteiger partial charge on any atom is -0.480 e. The Morgan fingerprint density at radius 2 is 2.19 bits per heavy atom. The number of rotatable bonds is 4. The standard InChI is InChI=1S/C12H18N4O4S/c1-15(2)21(19,20)9-3-4-11(14-7-9)16-6-5-13-8-10(16)12(17)18/h3-4,7,10,13H,5-6,8H2,1-2H3,(H,17,18). The van der Waals surface area contributed by atoms with E-state index in [0.29, 0.717) is 25.5 Å². The minimum absolute atomic E-state index is 0.0817. The molecule has 0 bridgehead atoms. The number of carboxylic acid groups (broad SMARTS) is 1. The largest absolute Gasteiger partial charge is 0.480 e. The Balaban J connectivity index is 2.28. The van der Waals surface area contributed by atoms with Gasteiger partial charge in [0.1, 0.15) is 16.8 Å². The molecule has 116 valence electrons. The van der Waals surface area contributed by atoms with E-state index in [1.807, 2.05) is 0 Å². The van der Waals surface area contributed by atoms with E-state index in [1.54, 1.807) is 4.90 Å². The first kappa shape index (κ1) is 15.7. The fourth-order valence-corrected chi connectivity index (χ4v) is 2.95. The molecule has 2 rings (SSSR count). The van der Waals surface area contributed by atoms with Gasteiger partial charge in [-0.25, -0.2) is 22.5 Å². The normalized spacial score (nSPS) is 19.8. The molecule has 2 heterocycles. The maximum absolute atomic E-state index is 12.0. The van der Waals surface area contributed by atoms with E-state index >= 15 is 0 Å². The van der Waals surface area contributed by atoms with Crippen molar-refractivity contribution >= 4 is 21.8 Å². The lowest BCUT2D eigenvalue weighted by Gasteiger charge is -2.34. The SMILES string of the molecule is CN(C)S(=O)(=O)c1ccc(N2CCNCC2C(=O)O)nc1. The molecular weight excluding hydrogens is 296 g/mol. The van der Waals surface area contributed by atoms with Crippen molar-refractivity contribution in [2.75, 3.05) is 38.6 Å². The summed E-state index contributed by atoms with van der Waals surface area (Å²) < 4.78 is 25.0. The smallest absolute Gasteiger partial charge is 0.327 e. The zero-order chi connectivity index (χ0) is 15.6. The average molecular weight is 314 g/mol. The number of piperazine rings is 1. The van der Waals surface area contributed by atoms with E-state index in [1.165, 1.54) is 32.4 Å². The molecule has 0 aliphatic carbocycles. The summed E-state index contributed by atoms with van der Waals surface area (Å²) in [7, 11) is -0.642. The van der Waals surface area contributed by atoms with Crippen LogP contribution in [0.1, 0.15) is 0 Å². The number of hydrogen-bond acceptors (Lipinski definition) is 6. The molecule has 1 aromatic rings. The summed E-state index contributed by atoms with van der Waals surface area (Å²) in [5, 5.41) is 12.2. The fraction of sp³-hybridized carbons (Fsp3) is 0.500. The quantitative estimate of drug-likeness (QED) is 0.749. The van der Waals surface area contributed by atoms with Crippen LogP contribution in [0.3, 0.4) is 0 Å². The van der Waals surface area contributed by atoms with Gasteiger partial charge in [-0.15, -0.1) is 0 Å². The second-order valence-corrected chi connectivity index (χ2v) is 7.04. The zero-order valence-corrected chi connectivity index (χ0v) is 12.7. The Morgan fingerprint density at radius 3 is 2.71 bits per heavy atom. The number of aliphatic carboxylic acids is 1. The van der Waals surface area contributed by atoms with E-state index in [4.69, 9.17) is 0 Å². The van der Waals surface area contributed by atoms with Gasteiger partial charge in [0.2, 0.25) is 10.0 Å². The van der Waals surface area contributed by atoms with Gasteiger partial charge >= 0.3 is 5.97 Å². The van der Waals surface area contributed by atoms with E-state index in [-0.39, 0.29) is 4.90 Å². The average Bonchev–Trinajstić information content (AvgIpc) is 2.47. The molecule has 8 nitrogen and oxygen atoms in total. The highest BCUT2D eigenvalue weighted by molar-refractivity contribution is 7.89. The summed E-state index contributed by atoms with van der Waals surface area (Å²) in [6, 6.07) is 2.28. The lowest BCUT2D eigenvalue weighted by molar-refractivity contribution is -0.138. The molecular formula is C12H18N4O4S. The monoisotopic (exact) mass is 314 g/mol. The first-order valence-corrected chi connectivity index (χ1v) is 7.87. The molecule has 1 unspecified atom stereocenters. The molecule has 1 fully saturated rings. The highest BCUT2D eigenvalue weighted by Gasteiger charge is 2.29. The number of hydrogen-bond donors (Lipinski definition) is 2. The Bertz CT molecular complexity index is 615. The van der Waals surface area contributed by atoms with Crippen LogP contribution in [0, 0.1) is 0 Å². The maximum atomic E-state index is 12.0. The summed E-state index contributed by atoms with van der Waals surface area (Å²) in [5.74, 6) is -0.476. The van der Waals surface area contributed by atoms with Gasteiger partial charge in [-0.2, -0.15) is 0 Å². The second-order valence-electron chi connectivity index (χ2n) is 4.89. The minimum atomic E-state index is -3.53. The van der Waals surface area contributed by atoms with Gasteiger partial charge in [-0.1, -0.05) is 0 Å². The third-order valence-electron chi connectivity index (χ3n) is 3.32. The molecule has 0 amide bonds. The molecule has 0 saturated carbocycles. The third-order valence-corrected chi connectivity index (χ3v) is 5.12. The molecule has 0 aromatic carbocycles. The van der Waals surface area contributed by atoms with Crippen molar-refractivity contribution < 1.29 is 18.3 Å². The van der Waals surface area contributed by atoms with E-state index in [2.05, 4.69) is 10.3 Å². The van der Waals surface area contributed by atoms with Crippen LogP contribution in [-0.4, -0.2) is 68.6 Å². The Hall–Kier alpha value is -1.71. The van der Waals surface area contributed by atoms with Crippen LogP contribution in [0.15, 0.2) is 23.2 Å². The summed E-state index contributed by atoms with van der Waals surface area (Å²) in [6.07, 6.45) is 1.26. The van der Waals surface area contributed by atoms with Crippen LogP contribution in [0.2, 0.25) is 0 Å². The van der Waals surface area contributed by atoms with Gasteiger partial charge in [-0.05, 0) is 12.1 Å². The van der Waals surface area contributed by atoms with Crippen molar-refractivity contribution in [2.24, 2.45) is 0 Å². The number of anilines is 1. The number of pyridine rings is 1. The first-order chi connectivity index (χ1) is 9.84. The van der Waals surface area contributed by atoms with Crippen LogP contribution in [0.25, 0.3) is 0 Å². The van der Waals surface area contributed by atoms with Crippen LogP contribution in [-0.2, 0) is 14.8 Å². The number of carboxylic acids is 1. The lowest BCUT2D eigenvalue weighted by atomic mass is 10.2. The second kappa shape index (κ2) is 5.96. The van der Waals surface area contributed by atoms with Crippen LogP contribution in [0.5, 0.6) is 0 Å². The third kappa shape index (κ3) is 3.14. The van der Waals surface area contributed by atoms with Crippen molar-refractivity contribution in [2.45, 2.75) is 10.9 Å². The van der Waals surface area contributed by atoms with Crippen LogP contribution in [0.4, 0.5) is 5.82 Å². The van der Waals surface area contributed by atoms with Crippen LogP contribution >= 0.6 is 0 Å². The number of carbonyl (C=O) groups is 1. The van der Waals surface area contributed by atoms with Crippen molar-refractivity contribution in [1.82, 2.24) is 14.6 Å². The van der Waals surface area contributed by atoms with E-state index < -0.39 is 22.0 Å². The van der Waals surface area contributed by atoms with Crippen molar-refractivity contribution in [3.8, 4) is 0 Å². The summed E-state index contributed by atoms with van der Waals surface area (Å²) >= 11 is 0. The molecule has 1 aliphatic heterocycles. The van der Waals surface area contributed by atoms with E-state index in [9.17, 15) is 18.3 Å². The highest BCUT2D eigenvalue weighted by Crippen LogP contribution is 2.19. The van der Waals surface area contributed by atoms with Gasteiger partial charge < -0.3 is 15.3 Å². The molecule has 9 heteroatoms. The van der Waals surface area contributed by atoms with Gasteiger partial charge in [0.25, 0.3) is 0 Å². The Kier molecular flexibility index (Phi) is 4.45. The molecule has 2 N–H and O–H groups in total. The summed E-state index contributed by atoms with van der Waals surface area (Å²) in [4.78, 5) is 17.1. The predicted molar refractivity (Wildman–Crippen MR) is 76.7 cm³/mol. The summed E-state index contributed by atoms with van der Waals surface area (Å²) in [6.45, 7) is 1.49. The molecule has 1 aliphatic rings. The number of aromatic nitrogens is 1. The van der Waals surface area contributed by atoms with E-state index in [0.717, 1.165) is 4.31 Å². The summed E-state index contributed by atoms with van der Waals surface area (Å²) in [5.41, 5.74) is 0. The Labute approximate surface area is 123 Å². The molecule has 21 heavy (non-hydrogen) atoms. The Morgan fingerprint density at radius 1 is 1.48 bits per heavy atom. The van der Waals surface area contributed by atoms with Crippen LogP contribution < -0.4 is 10.2 Å². The van der Waals surface area contributed by atoms with Crippen molar-refractivity contribution in [1.29, 1.82) is 0 Å². The van der Waals surface area contributed by atoms with Gasteiger partial charge in [-0.3, -0.25) is 0 Å². The van der Waals surface area contributed by atoms with Gasteiger partial charge in [0.15, 0.2) is 0 Å². The molecule has 0 spiro atoms. The molecule has 0 radical (unpaired) electrons. The molecule has 1 saturated heterocycles. The highest BCUT2D eigenvalue weighted by atomic mass is 32.2. The van der Waals surface area contributed by atoms with Crippen molar-refractivity contribution in [3.05, 3.63) is 18.3 Å².